The lowest BCUT2D eigenvalue weighted by Crippen LogP contribution is -2.10. The average Bonchev–Trinajstić information content (AvgIpc) is 2.24. The van der Waals surface area contributed by atoms with Crippen LogP contribution >= 0.6 is 0 Å². The van der Waals surface area contributed by atoms with Gasteiger partial charge in [0.1, 0.15) is 18.2 Å². The van der Waals surface area contributed by atoms with Gasteiger partial charge in [0.2, 0.25) is 0 Å². The van der Waals surface area contributed by atoms with Crippen LogP contribution in [0, 0.1) is 11.6 Å². The molecule has 0 fully saturated rings. The van der Waals surface area contributed by atoms with E-state index < -0.39 is 36.3 Å². The summed E-state index contributed by atoms with van der Waals surface area (Å²) >= 11 is 0. The molecular formula is C11H12F4O2. The molecule has 0 spiro atoms. The van der Waals surface area contributed by atoms with Crippen LogP contribution in [0.5, 0.6) is 0 Å². The van der Waals surface area contributed by atoms with Crippen molar-refractivity contribution in [3.63, 3.8) is 0 Å². The molecule has 1 rings (SSSR count). The zero-order valence-corrected chi connectivity index (χ0v) is 8.88. The first kappa shape index (κ1) is 13.9. The molecule has 1 N–H and O–H groups in total. The van der Waals surface area contributed by atoms with E-state index in [1.165, 1.54) is 6.07 Å². The van der Waals surface area contributed by atoms with Crippen molar-refractivity contribution >= 4 is 0 Å². The Morgan fingerprint density at radius 3 is 2.29 bits per heavy atom. The molecule has 96 valence electrons. The highest BCUT2D eigenvalue weighted by atomic mass is 19.3. The zero-order valence-electron chi connectivity index (χ0n) is 8.88. The summed E-state index contributed by atoms with van der Waals surface area (Å²) in [5.41, 5.74) is -0.465. The van der Waals surface area contributed by atoms with E-state index in [0.717, 1.165) is 12.1 Å². The van der Waals surface area contributed by atoms with Crippen molar-refractivity contribution in [3.05, 3.63) is 35.4 Å². The number of benzene rings is 1. The van der Waals surface area contributed by atoms with Gasteiger partial charge in [0, 0.05) is 13.0 Å². The zero-order chi connectivity index (χ0) is 12.8. The van der Waals surface area contributed by atoms with Gasteiger partial charge < -0.3 is 9.84 Å². The number of aliphatic hydroxyl groups is 1. The van der Waals surface area contributed by atoms with Crippen LogP contribution in [-0.2, 0) is 4.74 Å². The number of aliphatic hydroxyl groups excluding tert-OH is 1. The van der Waals surface area contributed by atoms with Crippen molar-refractivity contribution in [2.75, 3.05) is 13.2 Å². The maximum Gasteiger partial charge on any atom is 0.261 e. The number of hydrogen-bond donors (Lipinski definition) is 1. The molecular weight excluding hydrogens is 240 g/mol. The minimum atomic E-state index is -2.60. The number of alkyl halides is 2. The topological polar surface area (TPSA) is 29.5 Å². The van der Waals surface area contributed by atoms with Crippen LogP contribution in [0.15, 0.2) is 18.2 Å². The number of hydrogen-bond acceptors (Lipinski definition) is 2. The summed E-state index contributed by atoms with van der Waals surface area (Å²) in [6.07, 6.45) is -4.16. The molecule has 0 heterocycles. The fourth-order valence-electron chi connectivity index (χ4n) is 1.34. The Labute approximate surface area is 95.8 Å². The lowest BCUT2D eigenvalue weighted by atomic mass is 10.1. The molecule has 0 aliphatic rings. The van der Waals surface area contributed by atoms with Crippen molar-refractivity contribution in [2.45, 2.75) is 19.0 Å². The van der Waals surface area contributed by atoms with Gasteiger partial charge in [0.15, 0.2) is 0 Å². The monoisotopic (exact) mass is 252 g/mol. The second-order valence-electron chi connectivity index (χ2n) is 3.41. The molecule has 0 amide bonds. The third-order valence-corrected chi connectivity index (χ3v) is 2.11. The van der Waals surface area contributed by atoms with Crippen LogP contribution in [0.25, 0.3) is 0 Å². The van der Waals surface area contributed by atoms with Crippen LogP contribution < -0.4 is 0 Å². The summed E-state index contributed by atoms with van der Waals surface area (Å²) in [6, 6.07) is 3.21. The second kappa shape index (κ2) is 6.56. The predicted molar refractivity (Wildman–Crippen MR) is 52.8 cm³/mol. The molecule has 0 saturated carbocycles. The van der Waals surface area contributed by atoms with Crippen molar-refractivity contribution in [1.82, 2.24) is 0 Å². The Kier molecular flexibility index (Phi) is 5.37. The van der Waals surface area contributed by atoms with E-state index in [1.54, 1.807) is 0 Å². The summed E-state index contributed by atoms with van der Waals surface area (Å²) in [4.78, 5) is 0. The molecule has 0 aromatic heterocycles. The summed E-state index contributed by atoms with van der Waals surface area (Å²) in [5.74, 6) is -1.74. The van der Waals surface area contributed by atoms with E-state index in [4.69, 9.17) is 0 Å². The lowest BCUT2D eigenvalue weighted by Gasteiger charge is -2.12. The van der Waals surface area contributed by atoms with Crippen molar-refractivity contribution in [1.29, 1.82) is 0 Å². The van der Waals surface area contributed by atoms with E-state index in [1.807, 2.05) is 0 Å². The molecule has 1 atom stereocenters. The van der Waals surface area contributed by atoms with Crippen LogP contribution in [-0.4, -0.2) is 24.7 Å². The minimum absolute atomic E-state index is 0.148. The standard InChI is InChI=1S/C11H12F4O2/c12-7-2-1-3-8(13)11(7)9(16)4-5-17-6-10(14)15/h1-3,9-10,16H,4-6H2. The first-order valence-corrected chi connectivity index (χ1v) is 5.00. The highest BCUT2D eigenvalue weighted by Crippen LogP contribution is 2.23. The Bertz CT molecular complexity index is 337. The smallest absolute Gasteiger partial charge is 0.261 e. The Morgan fingerprint density at radius 1 is 1.18 bits per heavy atom. The van der Waals surface area contributed by atoms with Gasteiger partial charge >= 0.3 is 0 Å². The van der Waals surface area contributed by atoms with Gasteiger partial charge in [-0.15, -0.1) is 0 Å². The van der Waals surface area contributed by atoms with Crippen LogP contribution in [0.2, 0.25) is 0 Å². The molecule has 1 aromatic carbocycles. The molecule has 0 bridgehead atoms. The number of ether oxygens (including phenoxy) is 1. The summed E-state index contributed by atoms with van der Waals surface area (Å²) < 4.78 is 54.3. The van der Waals surface area contributed by atoms with Gasteiger partial charge in [-0.25, -0.2) is 17.6 Å². The molecule has 0 saturated heterocycles. The van der Waals surface area contributed by atoms with Gasteiger partial charge in [-0.3, -0.25) is 0 Å². The molecule has 6 heteroatoms. The van der Waals surface area contributed by atoms with Crippen LogP contribution in [0.4, 0.5) is 17.6 Å². The highest BCUT2D eigenvalue weighted by Gasteiger charge is 2.17. The second-order valence-corrected chi connectivity index (χ2v) is 3.41. The highest BCUT2D eigenvalue weighted by molar-refractivity contribution is 5.21. The summed E-state index contributed by atoms with van der Waals surface area (Å²) in [7, 11) is 0. The normalized spacial score (nSPS) is 13.1. The number of halogens is 4. The maximum atomic E-state index is 13.2. The quantitative estimate of drug-likeness (QED) is 0.623. The summed E-state index contributed by atoms with van der Waals surface area (Å²) in [6.45, 7) is -0.953. The van der Waals surface area contributed by atoms with E-state index in [-0.39, 0.29) is 13.0 Å². The molecule has 0 aliphatic carbocycles. The van der Waals surface area contributed by atoms with Gasteiger partial charge in [0.25, 0.3) is 6.43 Å². The molecule has 17 heavy (non-hydrogen) atoms. The molecule has 1 unspecified atom stereocenters. The predicted octanol–water partition coefficient (Wildman–Crippen LogP) is 2.67. The van der Waals surface area contributed by atoms with Gasteiger partial charge in [-0.2, -0.15) is 0 Å². The first-order chi connectivity index (χ1) is 8.02. The van der Waals surface area contributed by atoms with Crippen molar-refractivity contribution < 1.29 is 27.4 Å². The maximum absolute atomic E-state index is 13.2. The largest absolute Gasteiger partial charge is 0.388 e. The van der Waals surface area contributed by atoms with E-state index in [9.17, 15) is 22.7 Å². The Morgan fingerprint density at radius 2 is 1.76 bits per heavy atom. The number of rotatable bonds is 6. The fraction of sp³-hybridized carbons (Fsp3) is 0.455. The lowest BCUT2D eigenvalue weighted by molar-refractivity contribution is 0.00411. The Balaban J connectivity index is 2.49. The molecule has 0 radical (unpaired) electrons. The SMILES string of the molecule is OC(CCOCC(F)F)c1c(F)cccc1F. The van der Waals surface area contributed by atoms with E-state index in [0.29, 0.717) is 0 Å². The molecule has 2 nitrogen and oxygen atoms in total. The van der Waals surface area contributed by atoms with Gasteiger partial charge in [-0.05, 0) is 12.1 Å². The average molecular weight is 252 g/mol. The third kappa shape index (κ3) is 4.32. The fourth-order valence-corrected chi connectivity index (χ4v) is 1.34. The van der Waals surface area contributed by atoms with E-state index >= 15 is 0 Å². The molecule has 0 aliphatic heterocycles. The van der Waals surface area contributed by atoms with E-state index in [2.05, 4.69) is 4.74 Å². The van der Waals surface area contributed by atoms with Crippen molar-refractivity contribution in [3.8, 4) is 0 Å². The van der Waals surface area contributed by atoms with Gasteiger partial charge in [-0.1, -0.05) is 6.07 Å². The first-order valence-electron chi connectivity index (χ1n) is 5.00. The molecule has 1 aromatic rings. The Hall–Kier alpha value is -1.14. The summed E-state index contributed by atoms with van der Waals surface area (Å²) in [5, 5.41) is 9.50. The van der Waals surface area contributed by atoms with Gasteiger partial charge in [0.05, 0.1) is 11.7 Å². The van der Waals surface area contributed by atoms with Crippen LogP contribution in [0.1, 0.15) is 18.1 Å². The van der Waals surface area contributed by atoms with Crippen LogP contribution in [0.3, 0.4) is 0 Å². The third-order valence-electron chi connectivity index (χ3n) is 2.11. The minimum Gasteiger partial charge on any atom is -0.388 e. The van der Waals surface area contributed by atoms with Crippen molar-refractivity contribution in [2.24, 2.45) is 0 Å².